The summed E-state index contributed by atoms with van der Waals surface area (Å²) in [6.07, 6.45) is 0. The zero-order valence-corrected chi connectivity index (χ0v) is 12.2. The number of carbonyl (C=O) groups is 1. The second-order valence-electron chi connectivity index (χ2n) is 3.89. The smallest absolute Gasteiger partial charge is 0.255 e. The Morgan fingerprint density at radius 1 is 1.05 bits per heavy atom. The topological polar surface area (TPSA) is 52.9 Å². The monoisotopic (exact) mass is 324 g/mol. The Labute approximate surface area is 130 Å². The van der Waals surface area contributed by atoms with Gasteiger partial charge in [-0.3, -0.25) is 4.79 Å². The van der Waals surface area contributed by atoms with Gasteiger partial charge in [-0.2, -0.15) is 5.26 Å². The molecule has 2 aromatic rings. The van der Waals surface area contributed by atoms with Crippen LogP contribution in [0.5, 0.6) is 0 Å². The van der Waals surface area contributed by atoms with Crippen LogP contribution in [0.15, 0.2) is 36.4 Å². The first kappa shape index (κ1) is 14.7. The standard InChI is InChI=1S/C14H7Cl3N2O/c15-10-5-11(16)13(12(17)6-10)19-14(20)9-3-1-8(7-18)2-4-9/h1-6H,(H,19,20). The van der Waals surface area contributed by atoms with E-state index >= 15 is 0 Å². The van der Waals surface area contributed by atoms with Crippen molar-refractivity contribution in [2.75, 3.05) is 5.32 Å². The predicted molar refractivity (Wildman–Crippen MR) is 80.6 cm³/mol. The number of carbonyl (C=O) groups excluding carboxylic acids is 1. The molecule has 2 aromatic carbocycles. The number of nitriles is 1. The zero-order chi connectivity index (χ0) is 14.7. The molecule has 0 aromatic heterocycles. The first-order valence-corrected chi connectivity index (χ1v) is 6.60. The lowest BCUT2D eigenvalue weighted by Crippen LogP contribution is -2.12. The van der Waals surface area contributed by atoms with Gasteiger partial charge in [0.25, 0.3) is 5.91 Å². The molecule has 6 heteroatoms. The summed E-state index contributed by atoms with van der Waals surface area (Å²) in [6.45, 7) is 0. The van der Waals surface area contributed by atoms with Gasteiger partial charge in [-0.25, -0.2) is 0 Å². The van der Waals surface area contributed by atoms with Crippen molar-refractivity contribution in [2.24, 2.45) is 0 Å². The van der Waals surface area contributed by atoms with Crippen molar-refractivity contribution >= 4 is 46.4 Å². The van der Waals surface area contributed by atoms with Crippen molar-refractivity contribution in [2.45, 2.75) is 0 Å². The second-order valence-corrected chi connectivity index (χ2v) is 5.14. The molecule has 0 heterocycles. The van der Waals surface area contributed by atoms with E-state index in [2.05, 4.69) is 5.32 Å². The van der Waals surface area contributed by atoms with E-state index in [4.69, 9.17) is 40.1 Å². The molecule has 0 saturated heterocycles. The first-order valence-electron chi connectivity index (χ1n) is 5.47. The molecule has 0 radical (unpaired) electrons. The van der Waals surface area contributed by atoms with Gasteiger partial charge in [-0.15, -0.1) is 0 Å². The minimum absolute atomic E-state index is 0.254. The number of rotatable bonds is 2. The highest BCUT2D eigenvalue weighted by Gasteiger charge is 2.12. The van der Waals surface area contributed by atoms with Crippen LogP contribution < -0.4 is 5.32 Å². The average molecular weight is 326 g/mol. The molecule has 0 spiro atoms. The van der Waals surface area contributed by atoms with Gasteiger partial charge in [-0.05, 0) is 36.4 Å². The van der Waals surface area contributed by atoms with Crippen LogP contribution in [0, 0.1) is 11.3 Å². The van der Waals surface area contributed by atoms with Crippen LogP contribution in [-0.4, -0.2) is 5.91 Å². The van der Waals surface area contributed by atoms with Gasteiger partial charge in [0.05, 0.1) is 27.4 Å². The Hall–Kier alpha value is -1.73. The Morgan fingerprint density at radius 2 is 1.60 bits per heavy atom. The molecule has 2 rings (SSSR count). The maximum absolute atomic E-state index is 12.1. The van der Waals surface area contributed by atoms with E-state index in [1.165, 1.54) is 12.1 Å². The third-order valence-corrected chi connectivity index (χ3v) is 3.34. The third kappa shape index (κ3) is 3.23. The number of halogens is 3. The van der Waals surface area contributed by atoms with Crippen LogP contribution in [0.1, 0.15) is 15.9 Å². The molecule has 0 aliphatic carbocycles. The minimum atomic E-state index is -0.374. The number of amides is 1. The largest absolute Gasteiger partial charge is 0.319 e. The summed E-state index contributed by atoms with van der Waals surface area (Å²) in [4.78, 5) is 12.1. The SMILES string of the molecule is N#Cc1ccc(C(=O)Nc2c(Cl)cc(Cl)cc2Cl)cc1. The van der Waals surface area contributed by atoms with E-state index in [-0.39, 0.29) is 16.0 Å². The highest BCUT2D eigenvalue weighted by atomic mass is 35.5. The minimum Gasteiger partial charge on any atom is -0.319 e. The Kier molecular flexibility index (Phi) is 4.51. The second kappa shape index (κ2) is 6.15. The van der Waals surface area contributed by atoms with E-state index in [1.54, 1.807) is 24.3 Å². The van der Waals surface area contributed by atoms with Gasteiger partial charge in [0, 0.05) is 10.6 Å². The third-order valence-electron chi connectivity index (χ3n) is 2.52. The number of hydrogen-bond donors (Lipinski definition) is 1. The molecule has 0 fully saturated rings. The molecule has 20 heavy (non-hydrogen) atoms. The van der Waals surface area contributed by atoms with E-state index < -0.39 is 0 Å². The van der Waals surface area contributed by atoms with Crippen LogP contribution in [0.4, 0.5) is 5.69 Å². The molecule has 100 valence electrons. The fourth-order valence-electron chi connectivity index (χ4n) is 1.54. The van der Waals surface area contributed by atoms with Crippen molar-refractivity contribution in [3.8, 4) is 6.07 Å². The Balaban J connectivity index is 2.26. The molecule has 0 bridgehead atoms. The highest BCUT2D eigenvalue weighted by Crippen LogP contribution is 2.33. The van der Waals surface area contributed by atoms with Crippen LogP contribution in [0.25, 0.3) is 0 Å². The highest BCUT2D eigenvalue weighted by molar-refractivity contribution is 6.42. The maximum atomic E-state index is 12.1. The fraction of sp³-hybridized carbons (Fsp3) is 0. The van der Waals surface area contributed by atoms with Crippen molar-refractivity contribution < 1.29 is 4.79 Å². The van der Waals surface area contributed by atoms with Crippen LogP contribution in [0.2, 0.25) is 15.1 Å². The first-order chi connectivity index (χ1) is 9.51. The van der Waals surface area contributed by atoms with Gasteiger partial charge in [-0.1, -0.05) is 34.8 Å². The average Bonchev–Trinajstić information content (AvgIpc) is 2.42. The van der Waals surface area contributed by atoms with E-state index in [1.807, 2.05) is 6.07 Å². The molecule has 0 atom stereocenters. The van der Waals surface area contributed by atoms with Crippen LogP contribution >= 0.6 is 34.8 Å². The molecule has 0 aliphatic rings. The van der Waals surface area contributed by atoms with E-state index in [9.17, 15) is 4.79 Å². The van der Waals surface area contributed by atoms with Gasteiger partial charge in [0.2, 0.25) is 0 Å². The molecular formula is C14H7Cl3N2O. The summed E-state index contributed by atoms with van der Waals surface area (Å²) < 4.78 is 0. The molecule has 1 amide bonds. The summed E-state index contributed by atoms with van der Waals surface area (Å²) in [5, 5.41) is 12.2. The van der Waals surface area contributed by atoms with E-state index in [0.717, 1.165) is 0 Å². The van der Waals surface area contributed by atoms with Crippen LogP contribution in [0.3, 0.4) is 0 Å². The van der Waals surface area contributed by atoms with Gasteiger partial charge in [0.15, 0.2) is 0 Å². The lowest BCUT2D eigenvalue weighted by molar-refractivity contribution is 0.102. The van der Waals surface area contributed by atoms with Gasteiger partial charge < -0.3 is 5.32 Å². The molecular weight excluding hydrogens is 319 g/mol. The predicted octanol–water partition coefficient (Wildman–Crippen LogP) is 4.77. The number of hydrogen-bond acceptors (Lipinski definition) is 2. The molecule has 3 nitrogen and oxygen atoms in total. The maximum Gasteiger partial charge on any atom is 0.255 e. The lowest BCUT2D eigenvalue weighted by Gasteiger charge is -2.09. The summed E-state index contributed by atoms with van der Waals surface area (Å²) in [6, 6.07) is 11.2. The number of nitrogens with zero attached hydrogens (tertiary/aromatic N) is 1. The number of nitrogens with one attached hydrogen (secondary N) is 1. The molecule has 1 N–H and O–H groups in total. The molecule has 0 unspecified atom stereocenters. The number of anilines is 1. The fourth-order valence-corrected chi connectivity index (χ4v) is 2.45. The normalized spacial score (nSPS) is 9.90. The summed E-state index contributed by atoms with van der Waals surface area (Å²) >= 11 is 17.8. The van der Waals surface area contributed by atoms with Crippen molar-refractivity contribution in [3.05, 3.63) is 62.6 Å². The lowest BCUT2D eigenvalue weighted by atomic mass is 10.1. The molecule has 0 saturated carbocycles. The quantitative estimate of drug-likeness (QED) is 0.864. The summed E-state index contributed by atoms with van der Waals surface area (Å²) in [7, 11) is 0. The van der Waals surface area contributed by atoms with Gasteiger partial charge >= 0.3 is 0 Å². The molecule has 0 aliphatic heterocycles. The van der Waals surface area contributed by atoms with E-state index in [0.29, 0.717) is 21.8 Å². The van der Waals surface area contributed by atoms with Crippen molar-refractivity contribution in [3.63, 3.8) is 0 Å². The summed E-state index contributed by atoms with van der Waals surface area (Å²) in [5.41, 5.74) is 1.17. The van der Waals surface area contributed by atoms with Crippen LogP contribution in [-0.2, 0) is 0 Å². The summed E-state index contributed by atoms with van der Waals surface area (Å²) in [5.74, 6) is -0.374. The van der Waals surface area contributed by atoms with Crippen molar-refractivity contribution in [1.82, 2.24) is 0 Å². The zero-order valence-electron chi connectivity index (χ0n) is 9.95. The Morgan fingerprint density at radius 3 is 2.10 bits per heavy atom. The van der Waals surface area contributed by atoms with Gasteiger partial charge in [0.1, 0.15) is 0 Å². The van der Waals surface area contributed by atoms with Crippen molar-refractivity contribution in [1.29, 1.82) is 5.26 Å². The number of benzene rings is 2. The Bertz CT molecular complexity index is 682.